The van der Waals surface area contributed by atoms with E-state index >= 15 is 0 Å². The van der Waals surface area contributed by atoms with Gasteiger partial charge in [-0.25, -0.2) is 4.79 Å². The summed E-state index contributed by atoms with van der Waals surface area (Å²) in [5.74, 6) is 1.05. The first-order valence-corrected chi connectivity index (χ1v) is 11.2. The first-order chi connectivity index (χ1) is 14.9. The molecule has 1 aliphatic rings. The smallest absolute Gasteiger partial charge is 0.332 e. The van der Waals surface area contributed by atoms with Gasteiger partial charge in [-0.1, -0.05) is 38.8 Å². The molecule has 2 heterocycles. The van der Waals surface area contributed by atoms with Crippen molar-refractivity contribution in [1.82, 2.24) is 18.7 Å². The average Bonchev–Trinajstić information content (AvgIpc) is 3.36. The number of imidazole rings is 1. The minimum Gasteiger partial charge on any atom is -0.508 e. The SMILES string of the molecule is CCn1c(=O)c2c(nc(NC3CCCC3)n2Cc2ccc(O)cc2)n(CC(C)C)c1=O. The first-order valence-electron chi connectivity index (χ1n) is 11.2. The van der Waals surface area contributed by atoms with Gasteiger partial charge in [0.05, 0.1) is 6.54 Å². The highest BCUT2D eigenvalue weighted by Crippen LogP contribution is 2.25. The molecule has 1 fully saturated rings. The van der Waals surface area contributed by atoms with Crippen molar-refractivity contribution >= 4 is 17.1 Å². The Labute approximate surface area is 181 Å². The Morgan fingerprint density at radius 1 is 1.10 bits per heavy atom. The van der Waals surface area contributed by atoms with E-state index in [1.54, 1.807) is 16.7 Å². The lowest BCUT2D eigenvalue weighted by Gasteiger charge is -2.15. The summed E-state index contributed by atoms with van der Waals surface area (Å²) in [6.07, 6.45) is 4.49. The van der Waals surface area contributed by atoms with Crippen molar-refractivity contribution in [2.75, 3.05) is 5.32 Å². The molecule has 0 unspecified atom stereocenters. The number of fused-ring (bicyclic) bond motifs is 1. The monoisotopic (exact) mass is 425 g/mol. The molecule has 0 radical (unpaired) electrons. The molecule has 0 bridgehead atoms. The van der Waals surface area contributed by atoms with Crippen LogP contribution < -0.4 is 16.6 Å². The highest BCUT2D eigenvalue weighted by atomic mass is 16.3. The predicted octanol–water partition coefficient (Wildman–Crippen LogP) is 3.14. The molecule has 0 amide bonds. The second-order valence-electron chi connectivity index (χ2n) is 8.82. The summed E-state index contributed by atoms with van der Waals surface area (Å²) in [4.78, 5) is 31.2. The number of anilines is 1. The number of hydrogen-bond acceptors (Lipinski definition) is 5. The van der Waals surface area contributed by atoms with Gasteiger partial charge in [-0.15, -0.1) is 0 Å². The molecule has 1 aliphatic carbocycles. The summed E-state index contributed by atoms with van der Waals surface area (Å²) < 4.78 is 4.82. The summed E-state index contributed by atoms with van der Waals surface area (Å²) in [6.45, 7) is 7.13. The lowest BCUT2D eigenvalue weighted by atomic mass is 10.2. The van der Waals surface area contributed by atoms with Crippen LogP contribution in [0.3, 0.4) is 0 Å². The Hall–Kier alpha value is -3.03. The maximum atomic E-state index is 13.4. The zero-order chi connectivity index (χ0) is 22.1. The minimum absolute atomic E-state index is 0.197. The zero-order valence-corrected chi connectivity index (χ0v) is 18.5. The van der Waals surface area contributed by atoms with E-state index in [1.165, 1.54) is 17.4 Å². The van der Waals surface area contributed by atoms with Crippen LogP contribution in [0.15, 0.2) is 33.9 Å². The van der Waals surface area contributed by atoms with Gasteiger partial charge in [-0.2, -0.15) is 4.98 Å². The maximum absolute atomic E-state index is 13.4. The van der Waals surface area contributed by atoms with Gasteiger partial charge in [-0.3, -0.25) is 18.5 Å². The van der Waals surface area contributed by atoms with E-state index < -0.39 is 0 Å². The van der Waals surface area contributed by atoms with Crippen molar-refractivity contribution in [3.63, 3.8) is 0 Å². The second-order valence-corrected chi connectivity index (χ2v) is 8.82. The summed E-state index contributed by atoms with van der Waals surface area (Å²) in [5.41, 5.74) is 1.20. The number of benzene rings is 1. The van der Waals surface area contributed by atoms with Crippen molar-refractivity contribution in [1.29, 1.82) is 0 Å². The normalized spacial score (nSPS) is 14.7. The zero-order valence-electron chi connectivity index (χ0n) is 18.5. The van der Waals surface area contributed by atoms with Crippen molar-refractivity contribution in [2.45, 2.75) is 72.1 Å². The van der Waals surface area contributed by atoms with Gasteiger partial charge >= 0.3 is 5.69 Å². The Morgan fingerprint density at radius 3 is 2.39 bits per heavy atom. The highest BCUT2D eigenvalue weighted by molar-refractivity contribution is 5.74. The number of rotatable bonds is 7. The molecule has 166 valence electrons. The van der Waals surface area contributed by atoms with Crippen LogP contribution in [-0.4, -0.2) is 29.8 Å². The maximum Gasteiger partial charge on any atom is 0.332 e. The molecular weight excluding hydrogens is 394 g/mol. The molecule has 0 spiro atoms. The van der Waals surface area contributed by atoms with Crippen LogP contribution in [0.2, 0.25) is 0 Å². The lowest BCUT2D eigenvalue weighted by molar-refractivity contribution is 0.475. The molecule has 4 rings (SSSR count). The number of hydrogen-bond donors (Lipinski definition) is 2. The van der Waals surface area contributed by atoms with Crippen molar-refractivity contribution in [3.8, 4) is 5.75 Å². The molecule has 31 heavy (non-hydrogen) atoms. The quantitative estimate of drug-likeness (QED) is 0.606. The van der Waals surface area contributed by atoms with Crippen LogP contribution in [0.4, 0.5) is 5.95 Å². The molecule has 2 aromatic heterocycles. The fraction of sp³-hybridized carbons (Fsp3) is 0.522. The number of nitrogens with one attached hydrogen (secondary N) is 1. The van der Waals surface area contributed by atoms with E-state index in [0.717, 1.165) is 18.4 Å². The predicted molar refractivity (Wildman–Crippen MR) is 122 cm³/mol. The number of aromatic hydroxyl groups is 1. The third kappa shape index (κ3) is 4.11. The largest absolute Gasteiger partial charge is 0.508 e. The Balaban J connectivity index is 1.94. The third-order valence-corrected chi connectivity index (χ3v) is 5.94. The molecule has 3 aromatic rings. The first kappa shape index (κ1) is 21.2. The fourth-order valence-corrected chi connectivity index (χ4v) is 4.40. The van der Waals surface area contributed by atoms with E-state index in [-0.39, 0.29) is 22.9 Å². The van der Waals surface area contributed by atoms with E-state index in [4.69, 9.17) is 4.98 Å². The molecule has 8 heteroatoms. The van der Waals surface area contributed by atoms with Crippen LogP contribution >= 0.6 is 0 Å². The number of phenols is 1. The van der Waals surface area contributed by atoms with Gasteiger partial charge in [-0.05, 0) is 43.4 Å². The van der Waals surface area contributed by atoms with Gasteiger partial charge in [0, 0.05) is 19.1 Å². The average molecular weight is 426 g/mol. The van der Waals surface area contributed by atoms with Crippen LogP contribution in [-0.2, 0) is 19.6 Å². The van der Waals surface area contributed by atoms with E-state index in [1.807, 2.05) is 37.5 Å². The second kappa shape index (κ2) is 8.61. The number of aromatic nitrogens is 4. The summed E-state index contributed by atoms with van der Waals surface area (Å²) in [6, 6.07) is 7.26. The molecule has 1 aromatic carbocycles. The molecule has 1 saturated carbocycles. The van der Waals surface area contributed by atoms with Crippen molar-refractivity contribution in [3.05, 3.63) is 50.7 Å². The van der Waals surface area contributed by atoms with Crippen LogP contribution in [0.25, 0.3) is 11.2 Å². The van der Waals surface area contributed by atoms with Gasteiger partial charge in [0.1, 0.15) is 5.75 Å². The topological polar surface area (TPSA) is 94.1 Å². The van der Waals surface area contributed by atoms with Crippen molar-refractivity contribution in [2.24, 2.45) is 5.92 Å². The highest BCUT2D eigenvalue weighted by Gasteiger charge is 2.24. The van der Waals surface area contributed by atoms with Crippen molar-refractivity contribution < 1.29 is 5.11 Å². The van der Waals surface area contributed by atoms with Crippen LogP contribution in [0.1, 0.15) is 52.0 Å². The summed E-state index contributed by atoms with van der Waals surface area (Å²) >= 11 is 0. The van der Waals surface area contributed by atoms with E-state index in [0.29, 0.717) is 42.8 Å². The standard InChI is InChI=1S/C23H31N5O3/c1-4-26-21(30)19-20(28(23(26)31)13-15(2)3)25-22(24-17-7-5-6-8-17)27(19)14-16-9-11-18(29)12-10-16/h9-12,15,17,29H,4-8,13-14H2,1-3H3,(H,24,25). The van der Waals surface area contributed by atoms with Gasteiger partial charge in [0.25, 0.3) is 5.56 Å². The van der Waals surface area contributed by atoms with Gasteiger partial charge < -0.3 is 10.4 Å². The van der Waals surface area contributed by atoms with Gasteiger partial charge in [0.2, 0.25) is 5.95 Å². The Morgan fingerprint density at radius 2 is 1.77 bits per heavy atom. The van der Waals surface area contributed by atoms with Gasteiger partial charge in [0.15, 0.2) is 11.2 Å². The molecule has 0 saturated heterocycles. The fourth-order valence-electron chi connectivity index (χ4n) is 4.40. The molecule has 0 aliphatic heterocycles. The number of phenolic OH excluding ortho intramolecular Hbond substituents is 1. The molecule has 8 nitrogen and oxygen atoms in total. The minimum atomic E-state index is -0.312. The molecule has 2 N–H and O–H groups in total. The molecular formula is C23H31N5O3. The summed E-state index contributed by atoms with van der Waals surface area (Å²) in [5, 5.41) is 13.2. The Bertz CT molecular complexity index is 1180. The van der Waals surface area contributed by atoms with E-state index in [2.05, 4.69) is 5.32 Å². The number of nitrogens with zero attached hydrogens (tertiary/aromatic N) is 4. The van der Waals surface area contributed by atoms with Crippen LogP contribution in [0, 0.1) is 5.92 Å². The lowest BCUT2D eigenvalue weighted by Crippen LogP contribution is -2.40. The third-order valence-electron chi connectivity index (χ3n) is 5.94. The molecule has 0 atom stereocenters. The summed E-state index contributed by atoms with van der Waals surface area (Å²) in [7, 11) is 0. The Kier molecular flexibility index (Phi) is 5.89. The van der Waals surface area contributed by atoms with Crippen LogP contribution in [0.5, 0.6) is 5.75 Å². The van der Waals surface area contributed by atoms with E-state index in [9.17, 15) is 14.7 Å².